The van der Waals surface area contributed by atoms with Crippen molar-refractivity contribution in [1.82, 2.24) is 4.98 Å². The Bertz CT molecular complexity index is 656. The van der Waals surface area contributed by atoms with Crippen LogP contribution in [0.2, 0.25) is 0 Å². The summed E-state index contributed by atoms with van der Waals surface area (Å²) in [7, 11) is 0. The molecule has 0 radical (unpaired) electrons. The number of hydrogen-bond acceptors (Lipinski definition) is 5. The molecule has 0 fully saturated rings. The number of aromatic carboxylic acids is 1. The molecule has 0 saturated carbocycles. The SMILES string of the molecule is O=C(O)c1ccnc(NCCc2ccc([N+](=O)[O-])cc2)c1. The maximum Gasteiger partial charge on any atom is 0.335 e. The molecular formula is C14H13N3O4. The van der Waals surface area contributed by atoms with Crippen molar-refractivity contribution in [2.24, 2.45) is 0 Å². The highest BCUT2D eigenvalue weighted by molar-refractivity contribution is 5.88. The maximum absolute atomic E-state index is 10.8. The van der Waals surface area contributed by atoms with Gasteiger partial charge in [0.15, 0.2) is 0 Å². The Morgan fingerprint density at radius 3 is 2.62 bits per heavy atom. The van der Waals surface area contributed by atoms with E-state index in [1.807, 2.05) is 0 Å². The highest BCUT2D eigenvalue weighted by Gasteiger charge is 2.05. The number of hydrogen-bond donors (Lipinski definition) is 2. The van der Waals surface area contributed by atoms with E-state index in [9.17, 15) is 14.9 Å². The lowest BCUT2D eigenvalue weighted by atomic mass is 10.1. The Kier molecular flexibility index (Phi) is 4.45. The minimum Gasteiger partial charge on any atom is -0.478 e. The molecule has 1 heterocycles. The van der Waals surface area contributed by atoms with Gasteiger partial charge in [0.25, 0.3) is 5.69 Å². The first-order valence-electron chi connectivity index (χ1n) is 6.23. The number of anilines is 1. The molecule has 108 valence electrons. The largest absolute Gasteiger partial charge is 0.478 e. The van der Waals surface area contributed by atoms with Gasteiger partial charge in [0, 0.05) is 24.9 Å². The summed E-state index contributed by atoms with van der Waals surface area (Å²) in [4.78, 5) is 24.9. The number of carboxylic acids is 1. The number of pyridine rings is 1. The second-order valence-corrected chi connectivity index (χ2v) is 4.34. The van der Waals surface area contributed by atoms with Crippen molar-refractivity contribution in [3.05, 3.63) is 63.8 Å². The summed E-state index contributed by atoms with van der Waals surface area (Å²) in [5.74, 6) is -0.521. The second-order valence-electron chi connectivity index (χ2n) is 4.34. The van der Waals surface area contributed by atoms with E-state index < -0.39 is 10.9 Å². The normalized spacial score (nSPS) is 10.1. The number of aromatic nitrogens is 1. The lowest BCUT2D eigenvalue weighted by Crippen LogP contribution is -2.07. The molecule has 0 spiro atoms. The summed E-state index contributed by atoms with van der Waals surface area (Å²) in [5.41, 5.74) is 1.17. The molecule has 0 aliphatic carbocycles. The van der Waals surface area contributed by atoms with Crippen LogP contribution in [0.5, 0.6) is 0 Å². The molecule has 7 nitrogen and oxygen atoms in total. The molecule has 0 bridgehead atoms. The van der Waals surface area contributed by atoms with Crippen LogP contribution >= 0.6 is 0 Å². The monoisotopic (exact) mass is 287 g/mol. The maximum atomic E-state index is 10.8. The standard InChI is InChI=1S/C14H13N3O4/c18-14(19)11-6-8-16-13(9-11)15-7-5-10-1-3-12(4-2-10)17(20)21/h1-4,6,8-9H,5,7H2,(H,15,16)(H,18,19). The number of nitrogens with one attached hydrogen (secondary N) is 1. The first kappa shape index (κ1) is 14.4. The van der Waals surface area contributed by atoms with Crippen LogP contribution in [0.1, 0.15) is 15.9 Å². The Balaban J connectivity index is 1.90. The van der Waals surface area contributed by atoms with Gasteiger partial charge in [-0.3, -0.25) is 10.1 Å². The molecule has 0 amide bonds. The van der Waals surface area contributed by atoms with Crippen LogP contribution in [0.3, 0.4) is 0 Å². The second kappa shape index (κ2) is 6.47. The lowest BCUT2D eigenvalue weighted by Gasteiger charge is -2.06. The number of nitro groups is 1. The van der Waals surface area contributed by atoms with Gasteiger partial charge in [-0.25, -0.2) is 9.78 Å². The smallest absolute Gasteiger partial charge is 0.335 e. The van der Waals surface area contributed by atoms with Crippen molar-refractivity contribution in [3.63, 3.8) is 0 Å². The van der Waals surface area contributed by atoms with E-state index in [1.165, 1.54) is 30.5 Å². The molecule has 0 aliphatic rings. The zero-order valence-electron chi connectivity index (χ0n) is 11.0. The third kappa shape index (κ3) is 4.00. The third-order valence-corrected chi connectivity index (χ3v) is 2.87. The van der Waals surface area contributed by atoms with E-state index in [0.717, 1.165) is 5.56 Å². The number of rotatable bonds is 6. The average Bonchev–Trinajstić information content (AvgIpc) is 2.48. The zero-order chi connectivity index (χ0) is 15.2. The number of carbonyl (C=O) groups is 1. The van der Waals surface area contributed by atoms with Crippen LogP contribution in [-0.2, 0) is 6.42 Å². The van der Waals surface area contributed by atoms with Gasteiger partial charge in [-0.05, 0) is 24.1 Å². The summed E-state index contributed by atoms with van der Waals surface area (Å²) in [6.07, 6.45) is 2.08. The average molecular weight is 287 g/mol. The Morgan fingerprint density at radius 1 is 1.29 bits per heavy atom. The molecule has 0 saturated heterocycles. The predicted octanol–water partition coefficient (Wildman–Crippen LogP) is 2.34. The first-order valence-corrected chi connectivity index (χ1v) is 6.23. The van der Waals surface area contributed by atoms with E-state index in [1.54, 1.807) is 12.1 Å². The van der Waals surface area contributed by atoms with Crippen LogP contribution in [0.25, 0.3) is 0 Å². The molecule has 1 aromatic carbocycles. The quantitative estimate of drug-likeness (QED) is 0.624. The van der Waals surface area contributed by atoms with Crippen molar-refractivity contribution in [3.8, 4) is 0 Å². The van der Waals surface area contributed by atoms with Gasteiger partial charge < -0.3 is 10.4 Å². The molecule has 1 aromatic heterocycles. The third-order valence-electron chi connectivity index (χ3n) is 2.87. The molecular weight excluding hydrogens is 274 g/mol. The molecule has 2 rings (SSSR count). The van der Waals surface area contributed by atoms with E-state index in [0.29, 0.717) is 18.8 Å². The van der Waals surface area contributed by atoms with Gasteiger partial charge in [0.2, 0.25) is 0 Å². The summed E-state index contributed by atoms with van der Waals surface area (Å²) >= 11 is 0. The number of non-ortho nitro benzene ring substituents is 1. The van der Waals surface area contributed by atoms with Gasteiger partial charge in [-0.1, -0.05) is 12.1 Å². The van der Waals surface area contributed by atoms with Crippen molar-refractivity contribution in [2.75, 3.05) is 11.9 Å². The minimum atomic E-state index is -1.00. The van der Waals surface area contributed by atoms with Crippen molar-refractivity contribution in [2.45, 2.75) is 6.42 Å². The van der Waals surface area contributed by atoms with Crippen molar-refractivity contribution >= 4 is 17.5 Å². The first-order chi connectivity index (χ1) is 10.1. The van der Waals surface area contributed by atoms with Crippen molar-refractivity contribution < 1.29 is 14.8 Å². The Morgan fingerprint density at radius 2 is 2.00 bits per heavy atom. The molecule has 2 N–H and O–H groups in total. The van der Waals surface area contributed by atoms with E-state index >= 15 is 0 Å². The Hall–Kier alpha value is -2.96. The number of nitrogens with zero attached hydrogens (tertiary/aromatic N) is 2. The molecule has 7 heteroatoms. The summed E-state index contributed by atoms with van der Waals surface area (Å²) < 4.78 is 0. The number of nitro benzene ring substituents is 1. The topological polar surface area (TPSA) is 105 Å². The van der Waals surface area contributed by atoms with Gasteiger partial charge in [-0.2, -0.15) is 0 Å². The predicted molar refractivity (Wildman–Crippen MR) is 76.5 cm³/mol. The molecule has 0 atom stereocenters. The summed E-state index contributed by atoms with van der Waals surface area (Å²) in [6, 6.07) is 9.18. The fraction of sp³-hybridized carbons (Fsp3) is 0.143. The number of benzene rings is 1. The minimum absolute atomic E-state index is 0.0579. The van der Waals surface area contributed by atoms with Gasteiger partial charge in [0.05, 0.1) is 10.5 Å². The lowest BCUT2D eigenvalue weighted by molar-refractivity contribution is -0.384. The fourth-order valence-corrected chi connectivity index (χ4v) is 1.78. The van der Waals surface area contributed by atoms with E-state index in [-0.39, 0.29) is 11.3 Å². The van der Waals surface area contributed by atoms with Crippen LogP contribution < -0.4 is 5.32 Å². The van der Waals surface area contributed by atoms with E-state index in [4.69, 9.17) is 5.11 Å². The van der Waals surface area contributed by atoms with Crippen molar-refractivity contribution in [1.29, 1.82) is 0 Å². The fourth-order valence-electron chi connectivity index (χ4n) is 1.78. The highest BCUT2D eigenvalue weighted by atomic mass is 16.6. The van der Waals surface area contributed by atoms with Crippen LogP contribution in [0.15, 0.2) is 42.6 Å². The summed E-state index contributed by atoms with van der Waals surface area (Å²) in [6.45, 7) is 0.549. The zero-order valence-corrected chi connectivity index (χ0v) is 11.0. The van der Waals surface area contributed by atoms with Crippen LogP contribution in [0.4, 0.5) is 11.5 Å². The molecule has 2 aromatic rings. The molecule has 0 aliphatic heterocycles. The molecule has 21 heavy (non-hydrogen) atoms. The highest BCUT2D eigenvalue weighted by Crippen LogP contribution is 2.12. The molecule has 0 unspecified atom stereocenters. The summed E-state index contributed by atoms with van der Waals surface area (Å²) in [5, 5.41) is 22.4. The van der Waals surface area contributed by atoms with Gasteiger partial charge in [0.1, 0.15) is 5.82 Å². The van der Waals surface area contributed by atoms with Crippen LogP contribution in [-0.4, -0.2) is 27.5 Å². The van der Waals surface area contributed by atoms with Crippen LogP contribution in [0, 0.1) is 10.1 Å². The van der Waals surface area contributed by atoms with Gasteiger partial charge in [-0.15, -0.1) is 0 Å². The number of carboxylic acid groups (broad SMARTS) is 1. The van der Waals surface area contributed by atoms with E-state index in [2.05, 4.69) is 10.3 Å². The van der Waals surface area contributed by atoms with Gasteiger partial charge >= 0.3 is 5.97 Å². The Labute approximate surface area is 120 Å².